The maximum Gasteiger partial charge on any atom is 0.328 e. The summed E-state index contributed by atoms with van der Waals surface area (Å²) in [6, 6.07) is 5.33. The molecule has 0 aliphatic heterocycles. The van der Waals surface area contributed by atoms with Gasteiger partial charge in [0.15, 0.2) is 0 Å². The van der Waals surface area contributed by atoms with Crippen molar-refractivity contribution in [2.45, 2.75) is 26.7 Å². The predicted octanol–water partition coefficient (Wildman–Crippen LogP) is 2.62. The van der Waals surface area contributed by atoms with Crippen molar-refractivity contribution in [2.75, 3.05) is 6.54 Å². The second kappa shape index (κ2) is 5.49. The van der Waals surface area contributed by atoms with Crippen LogP contribution in [-0.2, 0) is 4.79 Å². The molecular formula is C16H19NO3. The molecule has 1 saturated carbocycles. The fraction of sp³-hybridized carbons (Fsp3) is 0.375. The van der Waals surface area contributed by atoms with Crippen LogP contribution in [0.25, 0.3) is 6.08 Å². The van der Waals surface area contributed by atoms with E-state index in [1.54, 1.807) is 18.2 Å². The highest BCUT2D eigenvalue weighted by molar-refractivity contribution is 5.97. The first-order chi connectivity index (χ1) is 9.41. The zero-order valence-electron chi connectivity index (χ0n) is 11.8. The molecule has 0 bridgehead atoms. The lowest BCUT2D eigenvalue weighted by Crippen LogP contribution is -2.29. The van der Waals surface area contributed by atoms with E-state index in [4.69, 9.17) is 5.11 Å². The minimum Gasteiger partial charge on any atom is -0.478 e. The molecule has 2 rings (SSSR count). The van der Waals surface area contributed by atoms with Crippen LogP contribution >= 0.6 is 0 Å². The van der Waals surface area contributed by atoms with Crippen molar-refractivity contribution < 1.29 is 14.7 Å². The topological polar surface area (TPSA) is 66.4 Å². The van der Waals surface area contributed by atoms with Gasteiger partial charge in [-0.15, -0.1) is 0 Å². The smallest absolute Gasteiger partial charge is 0.328 e. The van der Waals surface area contributed by atoms with Gasteiger partial charge in [-0.25, -0.2) is 4.79 Å². The first-order valence-corrected chi connectivity index (χ1v) is 6.70. The first kappa shape index (κ1) is 14.3. The van der Waals surface area contributed by atoms with Gasteiger partial charge in [-0.05, 0) is 48.4 Å². The number of hydrogen-bond acceptors (Lipinski definition) is 2. The van der Waals surface area contributed by atoms with Crippen LogP contribution in [0.4, 0.5) is 0 Å². The summed E-state index contributed by atoms with van der Waals surface area (Å²) < 4.78 is 0. The summed E-state index contributed by atoms with van der Waals surface area (Å²) in [5.74, 6) is -1.10. The fourth-order valence-corrected chi connectivity index (χ4v) is 2.02. The normalized spacial score (nSPS) is 16.1. The standard InChI is InChI=1S/C16H19NO3/c1-11-12(6-7-14(18)19)4-3-5-13(11)15(20)17-10-16(2)8-9-16/h3-7H,8-10H2,1-2H3,(H,17,20)(H,18,19)/b7-6+. The van der Waals surface area contributed by atoms with Crippen molar-refractivity contribution >= 4 is 18.0 Å². The monoisotopic (exact) mass is 273 g/mol. The highest BCUT2D eigenvalue weighted by Crippen LogP contribution is 2.44. The largest absolute Gasteiger partial charge is 0.478 e. The van der Waals surface area contributed by atoms with Crippen LogP contribution in [0.5, 0.6) is 0 Å². The molecule has 2 N–H and O–H groups in total. The molecule has 0 spiro atoms. The van der Waals surface area contributed by atoms with Crippen molar-refractivity contribution in [3.8, 4) is 0 Å². The molecule has 0 radical (unpaired) electrons. The molecule has 1 aliphatic carbocycles. The third-order valence-corrected chi connectivity index (χ3v) is 3.81. The molecule has 0 heterocycles. The molecule has 4 heteroatoms. The van der Waals surface area contributed by atoms with Gasteiger partial charge in [0.25, 0.3) is 5.91 Å². The number of aliphatic carboxylic acids is 1. The molecule has 1 aliphatic rings. The molecule has 1 fully saturated rings. The molecule has 20 heavy (non-hydrogen) atoms. The number of rotatable bonds is 5. The van der Waals surface area contributed by atoms with Gasteiger partial charge in [0, 0.05) is 18.2 Å². The Hall–Kier alpha value is -2.10. The molecule has 1 aromatic rings. The Morgan fingerprint density at radius 2 is 2.10 bits per heavy atom. The number of benzene rings is 1. The molecule has 0 atom stereocenters. The van der Waals surface area contributed by atoms with Crippen molar-refractivity contribution in [2.24, 2.45) is 5.41 Å². The van der Waals surface area contributed by atoms with Gasteiger partial charge in [0.2, 0.25) is 0 Å². The molecule has 0 saturated heterocycles. The molecule has 0 unspecified atom stereocenters. The maximum atomic E-state index is 12.2. The van der Waals surface area contributed by atoms with Crippen LogP contribution in [0.1, 0.15) is 41.3 Å². The quantitative estimate of drug-likeness (QED) is 0.810. The van der Waals surface area contributed by atoms with Gasteiger partial charge < -0.3 is 10.4 Å². The third-order valence-electron chi connectivity index (χ3n) is 3.81. The molecule has 1 aromatic carbocycles. The van der Waals surface area contributed by atoms with Gasteiger partial charge in [-0.1, -0.05) is 19.1 Å². The number of carboxylic acid groups (broad SMARTS) is 1. The lowest BCUT2D eigenvalue weighted by Gasteiger charge is -2.12. The summed E-state index contributed by atoms with van der Waals surface area (Å²) in [5.41, 5.74) is 2.41. The van der Waals surface area contributed by atoms with E-state index in [9.17, 15) is 9.59 Å². The summed E-state index contributed by atoms with van der Waals surface area (Å²) in [4.78, 5) is 22.7. The minimum absolute atomic E-state index is 0.0961. The lowest BCUT2D eigenvalue weighted by molar-refractivity contribution is -0.131. The zero-order valence-corrected chi connectivity index (χ0v) is 11.8. The van der Waals surface area contributed by atoms with Crippen molar-refractivity contribution in [3.63, 3.8) is 0 Å². The van der Waals surface area contributed by atoms with E-state index in [0.717, 1.165) is 30.0 Å². The number of carboxylic acids is 1. The second-order valence-corrected chi connectivity index (χ2v) is 5.68. The third kappa shape index (κ3) is 3.47. The van der Waals surface area contributed by atoms with Gasteiger partial charge in [0.1, 0.15) is 0 Å². The van der Waals surface area contributed by atoms with E-state index in [2.05, 4.69) is 12.2 Å². The number of hydrogen-bond donors (Lipinski definition) is 2. The molecule has 1 amide bonds. The molecule has 106 valence electrons. The number of nitrogens with one attached hydrogen (secondary N) is 1. The second-order valence-electron chi connectivity index (χ2n) is 5.68. The Morgan fingerprint density at radius 3 is 2.70 bits per heavy atom. The van der Waals surface area contributed by atoms with Crippen LogP contribution < -0.4 is 5.32 Å². The number of carbonyl (C=O) groups is 2. The zero-order chi connectivity index (χ0) is 14.8. The van der Waals surface area contributed by atoms with E-state index in [1.165, 1.54) is 6.08 Å². The predicted molar refractivity (Wildman–Crippen MR) is 77.5 cm³/mol. The van der Waals surface area contributed by atoms with E-state index >= 15 is 0 Å². The Labute approximate surface area is 118 Å². The van der Waals surface area contributed by atoms with Crippen LogP contribution in [0.2, 0.25) is 0 Å². The summed E-state index contributed by atoms with van der Waals surface area (Å²) in [6.07, 6.45) is 4.91. The molecule has 4 nitrogen and oxygen atoms in total. The van der Waals surface area contributed by atoms with Crippen LogP contribution in [-0.4, -0.2) is 23.5 Å². The number of amides is 1. The Kier molecular flexibility index (Phi) is 3.93. The van der Waals surface area contributed by atoms with Gasteiger partial charge in [-0.3, -0.25) is 4.79 Å². The summed E-state index contributed by atoms with van der Waals surface area (Å²) in [6.45, 7) is 4.68. The van der Waals surface area contributed by atoms with Gasteiger partial charge >= 0.3 is 5.97 Å². The Morgan fingerprint density at radius 1 is 1.40 bits per heavy atom. The van der Waals surface area contributed by atoms with Crippen molar-refractivity contribution in [1.82, 2.24) is 5.32 Å². The van der Waals surface area contributed by atoms with Crippen molar-refractivity contribution in [1.29, 1.82) is 0 Å². The molecular weight excluding hydrogens is 254 g/mol. The summed E-state index contributed by atoms with van der Waals surface area (Å²) in [7, 11) is 0. The van der Waals surface area contributed by atoms with E-state index in [1.807, 2.05) is 6.92 Å². The van der Waals surface area contributed by atoms with Gasteiger partial charge in [-0.2, -0.15) is 0 Å². The Bertz CT molecular complexity index is 571. The Balaban J connectivity index is 2.12. The highest BCUT2D eigenvalue weighted by Gasteiger charge is 2.37. The van der Waals surface area contributed by atoms with E-state index in [-0.39, 0.29) is 11.3 Å². The lowest BCUT2D eigenvalue weighted by atomic mass is 10.0. The highest BCUT2D eigenvalue weighted by atomic mass is 16.4. The molecule has 0 aromatic heterocycles. The van der Waals surface area contributed by atoms with Crippen molar-refractivity contribution in [3.05, 3.63) is 41.0 Å². The first-order valence-electron chi connectivity index (χ1n) is 6.70. The van der Waals surface area contributed by atoms with Crippen LogP contribution in [0, 0.1) is 12.3 Å². The summed E-state index contributed by atoms with van der Waals surface area (Å²) >= 11 is 0. The fourth-order valence-electron chi connectivity index (χ4n) is 2.02. The van der Waals surface area contributed by atoms with E-state index in [0.29, 0.717) is 12.1 Å². The van der Waals surface area contributed by atoms with Gasteiger partial charge in [0.05, 0.1) is 0 Å². The minimum atomic E-state index is -0.999. The van der Waals surface area contributed by atoms with Crippen LogP contribution in [0.3, 0.4) is 0 Å². The SMILES string of the molecule is Cc1c(/C=C/C(=O)O)cccc1C(=O)NCC1(C)CC1. The average Bonchev–Trinajstić information content (AvgIpc) is 3.13. The van der Waals surface area contributed by atoms with E-state index < -0.39 is 5.97 Å². The summed E-state index contributed by atoms with van der Waals surface area (Å²) in [5, 5.41) is 11.6. The average molecular weight is 273 g/mol. The van der Waals surface area contributed by atoms with Crippen LogP contribution in [0.15, 0.2) is 24.3 Å². The number of carbonyl (C=O) groups excluding carboxylic acids is 1. The maximum absolute atomic E-state index is 12.2.